The van der Waals surface area contributed by atoms with Crippen molar-refractivity contribution >= 4 is 5.69 Å². The topological polar surface area (TPSA) is 44.5 Å². The molecule has 0 bridgehead atoms. The molecule has 1 aliphatic rings. The molecule has 0 radical (unpaired) electrons. The van der Waals surface area contributed by atoms with Gasteiger partial charge in [0.1, 0.15) is 5.75 Å². The zero-order valence-electron chi connectivity index (χ0n) is 10.7. The molecule has 0 saturated heterocycles. The van der Waals surface area contributed by atoms with Gasteiger partial charge in [0.05, 0.1) is 18.9 Å². The van der Waals surface area contributed by atoms with Crippen LogP contribution in [0.15, 0.2) is 12.1 Å². The second-order valence-corrected chi connectivity index (χ2v) is 4.69. The summed E-state index contributed by atoms with van der Waals surface area (Å²) in [6.45, 7) is 2.86. The summed E-state index contributed by atoms with van der Waals surface area (Å²) in [5, 5.41) is 0. The highest BCUT2D eigenvalue weighted by Gasteiger charge is 2.17. The lowest BCUT2D eigenvalue weighted by Gasteiger charge is -2.25. The molecule has 1 aromatic rings. The maximum absolute atomic E-state index is 13.5. The third-order valence-corrected chi connectivity index (χ3v) is 3.37. The second-order valence-electron chi connectivity index (χ2n) is 4.69. The quantitative estimate of drug-likeness (QED) is 0.790. The minimum absolute atomic E-state index is 0.199. The predicted octanol–water partition coefficient (Wildman–Crippen LogP) is 3.38. The number of nitrogen functional groups attached to an aromatic ring is 1. The van der Waals surface area contributed by atoms with E-state index in [1.165, 1.54) is 31.4 Å². The Morgan fingerprint density at radius 1 is 1.28 bits per heavy atom. The summed E-state index contributed by atoms with van der Waals surface area (Å²) >= 11 is 0. The van der Waals surface area contributed by atoms with Gasteiger partial charge in [0, 0.05) is 12.1 Å². The van der Waals surface area contributed by atoms with E-state index in [4.69, 9.17) is 15.2 Å². The van der Waals surface area contributed by atoms with Crippen molar-refractivity contribution in [2.75, 3.05) is 18.9 Å². The van der Waals surface area contributed by atoms with Gasteiger partial charge in [-0.25, -0.2) is 4.39 Å². The summed E-state index contributed by atoms with van der Waals surface area (Å²) in [5.74, 6) is 1.06. The Hall–Kier alpha value is -1.45. The molecule has 18 heavy (non-hydrogen) atoms. The largest absolute Gasteiger partial charge is 0.491 e. The zero-order chi connectivity index (χ0) is 13.0. The summed E-state index contributed by atoms with van der Waals surface area (Å²) in [5.41, 5.74) is 6.05. The van der Waals surface area contributed by atoms with Crippen molar-refractivity contribution in [3.63, 3.8) is 0 Å². The van der Waals surface area contributed by atoms with Crippen molar-refractivity contribution in [1.29, 1.82) is 0 Å². The number of hydrogen-bond donors (Lipinski definition) is 1. The molecule has 0 spiro atoms. The fraction of sp³-hybridized carbons (Fsp3) is 0.571. The first-order chi connectivity index (χ1) is 8.70. The summed E-state index contributed by atoms with van der Waals surface area (Å²) in [6.07, 6.45) is 4.97. The molecular formula is C14H20FNO2. The van der Waals surface area contributed by atoms with Gasteiger partial charge in [0.25, 0.3) is 0 Å². The maximum atomic E-state index is 13.5. The zero-order valence-corrected chi connectivity index (χ0v) is 10.7. The second kappa shape index (κ2) is 5.94. The molecule has 1 fully saturated rings. The van der Waals surface area contributed by atoms with Gasteiger partial charge in [-0.1, -0.05) is 19.3 Å². The van der Waals surface area contributed by atoms with Gasteiger partial charge < -0.3 is 15.2 Å². The fourth-order valence-electron chi connectivity index (χ4n) is 2.06. The Morgan fingerprint density at radius 3 is 2.67 bits per heavy atom. The van der Waals surface area contributed by atoms with E-state index in [9.17, 15) is 4.39 Å². The van der Waals surface area contributed by atoms with E-state index in [2.05, 4.69) is 0 Å². The average molecular weight is 253 g/mol. The predicted molar refractivity (Wildman–Crippen MR) is 69.4 cm³/mol. The first kappa shape index (κ1) is 13.0. The van der Waals surface area contributed by atoms with Crippen molar-refractivity contribution in [3.05, 3.63) is 17.9 Å². The Labute approximate surface area is 107 Å². The van der Waals surface area contributed by atoms with Gasteiger partial charge in [-0.3, -0.25) is 0 Å². The van der Waals surface area contributed by atoms with Gasteiger partial charge in [-0.05, 0) is 19.3 Å². The number of hydrogen-bond acceptors (Lipinski definition) is 3. The molecule has 3 nitrogen and oxygen atoms in total. The summed E-state index contributed by atoms with van der Waals surface area (Å²) in [4.78, 5) is 0. The molecule has 0 aliphatic heterocycles. The third-order valence-electron chi connectivity index (χ3n) is 3.37. The van der Waals surface area contributed by atoms with Crippen molar-refractivity contribution in [1.82, 2.24) is 0 Å². The SMILES string of the molecule is CCOc1cc(OCCC2CCC2)c(N)cc1F. The minimum atomic E-state index is -0.444. The molecule has 1 aromatic carbocycles. The lowest BCUT2D eigenvalue weighted by atomic mass is 9.83. The number of anilines is 1. The van der Waals surface area contributed by atoms with E-state index in [0.717, 1.165) is 12.3 Å². The molecule has 0 amide bonds. The molecule has 1 aliphatic carbocycles. The van der Waals surface area contributed by atoms with Gasteiger partial charge >= 0.3 is 0 Å². The van der Waals surface area contributed by atoms with E-state index in [0.29, 0.717) is 24.7 Å². The van der Waals surface area contributed by atoms with Crippen LogP contribution in [0.2, 0.25) is 0 Å². The third kappa shape index (κ3) is 3.06. The molecular weight excluding hydrogens is 233 g/mol. The van der Waals surface area contributed by atoms with Crippen LogP contribution in [-0.4, -0.2) is 13.2 Å². The number of halogens is 1. The Bertz CT molecular complexity index is 405. The van der Waals surface area contributed by atoms with Crippen LogP contribution in [0, 0.1) is 11.7 Å². The Kier molecular flexibility index (Phi) is 4.28. The molecule has 2 N–H and O–H groups in total. The van der Waals surface area contributed by atoms with Crippen LogP contribution in [0.1, 0.15) is 32.6 Å². The Balaban J connectivity index is 1.94. The van der Waals surface area contributed by atoms with Crippen LogP contribution in [0.5, 0.6) is 11.5 Å². The molecule has 0 heterocycles. The van der Waals surface area contributed by atoms with E-state index < -0.39 is 5.82 Å². The van der Waals surface area contributed by atoms with Gasteiger partial charge in [0.2, 0.25) is 0 Å². The van der Waals surface area contributed by atoms with Crippen molar-refractivity contribution < 1.29 is 13.9 Å². The summed E-state index contributed by atoms with van der Waals surface area (Å²) in [6, 6.07) is 2.79. The normalized spacial score (nSPS) is 15.2. The summed E-state index contributed by atoms with van der Waals surface area (Å²) in [7, 11) is 0. The number of nitrogens with two attached hydrogens (primary N) is 1. The van der Waals surface area contributed by atoms with Crippen LogP contribution in [0.4, 0.5) is 10.1 Å². The van der Waals surface area contributed by atoms with Crippen molar-refractivity contribution in [2.24, 2.45) is 5.92 Å². The highest BCUT2D eigenvalue weighted by molar-refractivity contribution is 5.56. The fourth-order valence-corrected chi connectivity index (χ4v) is 2.06. The molecule has 1 saturated carbocycles. The van der Waals surface area contributed by atoms with Gasteiger partial charge in [0.15, 0.2) is 11.6 Å². The van der Waals surface area contributed by atoms with Crippen LogP contribution in [0.3, 0.4) is 0 Å². The summed E-state index contributed by atoms with van der Waals surface area (Å²) < 4.78 is 24.3. The van der Waals surface area contributed by atoms with Crippen molar-refractivity contribution in [2.45, 2.75) is 32.6 Å². The lowest BCUT2D eigenvalue weighted by Crippen LogP contribution is -2.14. The number of rotatable bonds is 6. The van der Waals surface area contributed by atoms with Crippen LogP contribution < -0.4 is 15.2 Å². The van der Waals surface area contributed by atoms with E-state index in [-0.39, 0.29) is 5.75 Å². The number of ether oxygens (including phenoxy) is 2. The molecule has 100 valence electrons. The van der Waals surface area contributed by atoms with Crippen LogP contribution in [-0.2, 0) is 0 Å². The monoisotopic (exact) mass is 253 g/mol. The minimum Gasteiger partial charge on any atom is -0.491 e. The maximum Gasteiger partial charge on any atom is 0.167 e. The van der Waals surface area contributed by atoms with Gasteiger partial charge in [-0.2, -0.15) is 0 Å². The van der Waals surface area contributed by atoms with E-state index in [1.807, 2.05) is 6.92 Å². The molecule has 0 aromatic heterocycles. The smallest absolute Gasteiger partial charge is 0.167 e. The van der Waals surface area contributed by atoms with Gasteiger partial charge in [-0.15, -0.1) is 0 Å². The van der Waals surface area contributed by atoms with Crippen molar-refractivity contribution in [3.8, 4) is 11.5 Å². The number of benzene rings is 1. The first-order valence-electron chi connectivity index (χ1n) is 6.55. The van der Waals surface area contributed by atoms with Crippen LogP contribution >= 0.6 is 0 Å². The average Bonchev–Trinajstić information content (AvgIpc) is 2.27. The van der Waals surface area contributed by atoms with E-state index >= 15 is 0 Å². The molecule has 0 unspecified atom stereocenters. The van der Waals surface area contributed by atoms with E-state index in [1.54, 1.807) is 0 Å². The van der Waals surface area contributed by atoms with Crippen LogP contribution in [0.25, 0.3) is 0 Å². The molecule has 4 heteroatoms. The molecule has 2 rings (SSSR count). The standard InChI is InChI=1S/C14H20FNO2/c1-2-17-13-9-14(12(16)8-11(13)15)18-7-6-10-4-3-5-10/h8-10H,2-7,16H2,1H3. The first-order valence-corrected chi connectivity index (χ1v) is 6.55. The Morgan fingerprint density at radius 2 is 2.06 bits per heavy atom. The highest BCUT2D eigenvalue weighted by atomic mass is 19.1. The highest BCUT2D eigenvalue weighted by Crippen LogP contribution is 2.32. The molecule has 0 atom stereocenters. The lowest BCUT2D eigenvalue weighted by molar-refractivity contribution is 0.221.